The molecule has 0 radical (unpaired) electrons. The second-order valence-electron chi connectivity index (χ2n) is 8.85. The van der Waals surface area contributed by atoms with Crippen LogP contribution in [0, 0.1) is 0 Å². The predicted octanol–water partition coefficient (Wildman–Crippen LogP) is 8.26. The van der Waals surface area contributed by atoms with Gasteiger partial charge in [-0.3, -0.25) is 0 Å². The van der Waals surface area contributed by atoms with E-state index in [4.69, 9.17) is 37.6 Å². The largest absolute Gasteiger partial charge is 0.489 e. The van der Waals surface area contributed by atoms with Gasteiger partial charge in [0.05, 0.1) is 21.1 Å². The van der Waals surface area contributed by atoms with Gasteiger partial charge in [0.25, 0.3) is 0 Å². The van der Waals surface area contributed by atoms with Crippen molar-refractivity contribution in [3.05, 3.63) is 99.9 Å². The molecule has 3 aromatic carbocycles. The molecule has 186 valence electrons. The third-order valence-electron chi connectivity index (χ3n) is 6.02. The fraction of sp³-hybridized carbons (Fsp3) is 0.138. The highest BCUT2D eigenvalue weighted by molar-refractivity contribution is 6.39. The van der Waals surface area contributed by atoms with E-state index in [1.165, 1.54) is 6.07 Å². The van der Waals surface area contributed by atoms with Crippen LogP contribution in [0.25, 0.3) is 33.3 Å². The quantitative estimate of drug-likeness (QED) is 0.227. The lowest BCUT2D eigenvalue weighted by Gasteiger charge is -2.11. The highest BCUT2D eigenvalue weighted by Gasteiger charge is 2.23. The van der Waals surface area contributed by atoms with Gasteiger partial charge in [0.15, 0.2) is 0 Å². The maximum atomic E-state index is 11.2. The minimum atomic E-state index is -1.05. The van der Waals surface area contributed by atoms with Gasteiger partial charge in [0, 0.05) is 16.9 Å². The smallest absolute Gasteiger partial charge is 0.354 e. The van der Waals surface area contributed by atoms with E-state index in [0.29, 0.717) is 32.6 Å². The Morgan fingerprint density at radius 3 is 2.35 bits per heavy atom. The number of nitrogens with zero attached hydrogens (tertiary/aromatic N) is 2. The molecule has 0 spiro atoms. The molecule has 0 aliphatic heterocycles. The molecule has 0 aliphatic rings. The minimum absolute atomic E-state index is 0.0233. The average Bonchev–Trinajstić information content (AvgIpc) is 3.31. The molecule has 0 saturated carbocycles. The van der Waals surface area contributed by atoms with E-state index in [1.54, 1.807) is 24.3 Å². The first-order valence-electron chi connectivity index (χ1n) is 11.6. The second kappa shape index (κ2) is 10.2. The van der Waals surface area contributed by atoms with Crippen molar-refractivity contribution in [1.82, 2.24) is 10.1 Å². The van der Waals surface area contributed by atoms with Crippen LogP contribution in [-0.2, 0) is 6.61 Å². The highest BCUT2D eigenvalue weighted by atomic mass is 35.5. The lowest BCUT2D eigenvalue weighted by molar-refractivity contribution is 0.0691. The van der Waals surface area contributed by atoms with Crippen LogP contribution in [0.3, 0.4) is 0 Å². The Morgan fingerprint density at radius 2 is 1.68 bits per heavy atom. The second-order valence-corrected chi connectivity index (χ2v) is 9.66. The molecule has 0 bridgehead atoms. The average molecular weight is 533 g/mol. The zero-order valence-corrected chi connectivity index (χ0v) is 21.5. The van der Waals surface area contributed by atoms with Crippen LogP contribution in [0.2, 0.25) is 10.0 Å². The van der Waals surface area contributed by atoms with E-state index >= 15 is 0 Å². The van der Waals surface area contributed by atoms with Crippen molar-refractivity contribution in [2.24, 2.45) is 0 Å². The fourth-order valence-corrected chi connectivity index (χ4v) is 4.74. The zero-order chi connectivity index (χ0) is 26.1. The fourth-order valence-electron chi connectivity index (χ4n) is 4.16. The maximum Gasteiger partial charge on any atom is 0.354 e. The number of carboxylic acid groups (broad SMARTS) is 1. The molecule has 0 amide bonds. The zero-order valence-electron chi connectivity index (χ0n) is 20.0. The predicted molar refractivity (Wildman–Crippen MR) is 145 cm³/mol. The Labute approximate surface area is 223 Å². The van der Waals surface area contributed by atoms with Crippen LogP contribution in [0.15, 0.2) is 77.3 Å². The minimum Gasteiger partial charge on any atom is -0.489 e. The first-order chi connectivity index (χ1) is 17.8. The van der Waals surface area contributed by atoms with Gasteiger partial charge in [0.2, 0.25) is 0 Å². The molecule has 6 nitrogen and oxygen atoms in total. The van der Waals surface area contributed by atoms with Crippen LogP contribution in [0.1, 0.15) is 41.6 Å². The summed E-state index contributed by atoms with van der Waals surface area (Å²) in [7, 11) is 0. The monoisotopic (exact) mass is 532 g/mol. The third-order valence-corrected chi connectivity index (χ3v) is 6.65. The lowest BCUT2D eigenvalue weighted by atomic mass is 10.0. The number of halogens is 2. The van der Waals surface area contributed by atoms with Crippen LogP contribution in [0.5, 0.6) is 5.75 Å². The number of carboxylic acids is 1. The van der Waals surface area contributed by atoms with Gasteiger partial charge < -0.3 is 14.4 Å². The lowest BCUT2D eigenvalue weighted by Crippen LogP contribution is -2.01. The standard InChI is InChI=1S/C29H22Cl2N2O4/c1-16(2)28-21(27(33-37-28)26-22(30)4-3-5-23(26)31)15-36-20-10-6-17(7-11-20)18-8-12-24-19(14-18)9-13-25(32-24)29(34)35/h3-14,16H,15H2,1-2H3,(H,34,35). The van der Waals surface area contributed by atoms with Gasteiger partial charge in [-0.25, -0.2) is 9.78 Å². The summed E-state index contributed by atoms with van der Waals surface area (Å²) in [5.41, 5.74) is 4.64. The Kier molecular flexibility index (Phi) is 6.87. The van der Waals surface area contributed by atoms with Gasteiger partial charge in [0.1, 0.15) is 29.5 Å². The number of fused-ring (bicyclic) bond motifs is 1. The Bertz CT molecular complexity index is 1590. The first-order valence-corrected chi connectivity index (χ1v) is 12.4. The van der Waals surface area contributed by atoms with Crippen molar-refractivity contribution in [2.45, 2.75) is 26.4 Å². The Hall–Kier alpha value is -3.87. The summed E-state index contributed by atoms with van der Waals surface area (Å²) in [5, 5.41) is 15.3. The van der Waals surface area contributed by atoms with E-state index in [9.17, 15) is 4.79 Å². The van der Waals surface area contributed by atoms with Crippen LogP contribution in [0.4, 0.5) is 0 Å². The summed E-state index contributed by atoms with van der Waals surface area (Å²) in [6.45, 7) is 4.29. The molecule has 1 N–H and O–H groups in total. The molecule has 0 saturated heterocycles. The number of ether oxygens (including phenoxy) is 1. The van der Waals surface area contributed by atoms with E-state index < -0.39 is 5.97 Å². The maximum absolute atomic E-state index is 11.2. The number of rotatable bonds is 7. The molecule has 2 heterocycles. The van der Waals surface area contributed by atoms with Gasteiger partial charge >= 0.3 is 5.97 Å². The first kappa shape index (κ1) is 24.8. The molecule has 5 rings (SSSR count). The highest BCUT2D eigenvalue weighted by Crippen LogP contribution is 2.39. The Morgan fingerprint density at radius 1 is 0.973 bits per heavy atom. The van der Waals surface area contributed by atoms with Gasteiger partial charge in [-0.1, -0.05) is 72.5 Å². The number of benzene rings is 3. The molecule has 2 aromatic heterocycles. The SMILES string of the molecule is CC(C)c1onc(-c2c(Cl)cccc2Cl)c1COc1ccc(-c2ccc3nc(C(=O)O)ccc3c2)cc1. The number of aromatic nitrogens is 2. The topological polar surface area (TPSA) is 85.5 Å². The molecule has 0 aliphatic carbocycles. The van der Waals surface area contributed by atoms with Crippen LogP contribution >= 0.6 is 23.2 Å². The third kappa shape index (κ3) is 5.03. The van der Waals surface area contributed by atoms with E-state index in [1.807, 2.05) is 56.3 Å². The number of carbonyl (C=O) groups is 1. The van der Waals surface area contributed by atoms with Gasteiger partial charge in [-0.05, 0) is 53.6 Å². The molecule has 0 fully saturated rings. The van der Waals surface area contributed by atoms with Crippen molar-refractivity contribution in [2.75, 3.05) is 0 Å². The molecule has 0 unspecified atom stereocenters. The van der Waals surface area contributed by atoms with Crippen LogP contribution in [-0.4, -0.2) is 21.2 Å². The van der Waals surface area contributed by atoms with Crippen molar-refractivity contribution >= 4 is 40.1 Å². The van der Waals surface area contributed by atoms with Gasteiger partial charge in [-0.15, -0.1) is 0 Å². The number of pyridine rings is 1. The number of hydrogen-bond donors (Lipinski definition) is 1. The molecule has 5 aromatic rings. The van der Waals surface area contributed by atoms with E-state index in [2.05, 4.69) is 10.1 Å². The van der Waals surface area contributed by atoms with Crippen molar-refractivity contribution in [1.29, 1.82) is 0 Å². The van der Waals surface area contributed by atoms with E-state index in [-0.39, 0.29) is 18.2 Å². The van der Waals surface area contributed by atoms with Crippen LogP contribution < -0.4 is 4.74 Å². The molecule has 0 atom stereocenters. The summed E-state index contributed by atoms with van der Waals surface area (Å²) in [4.78, 5) is 15.4. The van der Waals surface area contributed by atoms with Crippen molar-refractivity contribution in [3.8, 4) is 28.1 Å². The molecular formula is C29H22Cl2N2O4. The normalized spacial score (nSPS) is 11.3. The summed E-state index contributed by atoms with van der Waals surface area (Å²) in [5.74, 6) is 0.454. The van der Waals surface area contributed by atoms with Gasteiger partial charge in [-0.2, -0.15) is 0 Å². The molecule has 37 heavy (non-hydrogen) atoms. The van der Waals surface area contributed by atoms with Crippen molar-refractivity contribution < 1.29 is 19.2 Å². The number of hydrogen-bond acceptors (Lipinski definition) is 5. The molecule has 8 heteroatoms. The van der Waals surface area contributed by atoms with E-state index in [0.717, 1.165) is 27.8 Å². The summed E-state index contributed by atoms with van der Waals surface area (Å²) in [6.07, 6.45) is 0. The Balaban J connectivity index is 1.38. The number of aromatic carboxylic acids is 1. The summed E-state index contributed by atoms with van der Waals surface area (Å²) >= 11 is 12.9. The summed E-state index contributed by atoms with van der Waals surface area (Å²) in [6, 6.07) is 22.1. The summed E-state index contributed by atoms with van der Waals surface area (Å²) < 4.78 is 11.8. The van der Waals surface area contributed by atoms with Crippen molar-refractivity contribution in [3.63, 3.8) is 0 Å². The molecular weight excluding hydrogens is 511 g/mol.